The number of ether oxygens (including phenoxy) is 1. The molecule has 3 atom stereocenters. The van der Waals surface area contributed by atoms with Crippen molar-refractivity contribution >= 4 is 11.6 Å². The van der Waals surface area contributed by atoms with Crippen LogP contribution < -0.4 is 5.32 Å². The Morgan fingerprint density at radius 1 is 1.43 bits per heavy atom. The summed E-state index contributed by atoms with van der Waals surface area (Å²) in [5.74, 6) is 0.218. The minimum Gasteiger partial charge on any atom is -0.378 e. The molecule has 118 valence electrons. The summed E-state index contributed by atoms with van der Waals surface area (Å²) < 4.78 is 19.9. The molecule has 1 N–H and O–H groups in total. The quantitative estimate of drug-likeness (QED) is 0.814. The highest BCUT2D eigenvalue weighted by Crippen LogP contribution is 2.30. The van der Waals surface area contributed by atoms with E-state index in [2.05, 4.69) is 19.2 Å². The van der Waals surface area contributed by atoms with Gasteiger partial charge in [0.15, 0.2) is 0 Å². The summed E-state index contributed by atoms with van der Waals surface area (Å²) in [6, 6.07) is 5.12. The Hall–Kier alpha value is -0.640. The molecule has 1 aromatic carbocycles. The van der Waals surface area contributed by atoms with Gasteiger partial charge in [0.1, 0.15) is 5.82 Å². The summed E-state index contributed by atoms with van der Waals surface area (Å²) in [5.41, 5.74) is 0.620. The lowest BCUT2D eigenvalue weighted by Crippen LogP contribution is -2.42. The first-order valence-corrected chi connectivity index (χ1v) is 8.33. The number of hydrogen-bond donors (Lipinski definition) is 1. The SMILES string of the molecule is CCCNC(Cc1c(F)cccc1Cl)C1CCOC1CC. The third kappa shape index (κ3) is 4.18. The highest BCUT2D eigenvalue weighted by molar-refractivity contribution is 6.31. The summed E-state index contributed by atoms with van der Waals surface area (Å²) in [4.78, 5) is 0. The Morgan fingerprint density at radius 3 is 2.90 bits per heavy atom. The van der Waals surface area contributed by atoms with E-state index in [-0.39, 0.29) is 18.0 Å². The lowest BCUT2D eigenvalue weighted by Gasteiger charge is -2.28. The fraction of sp³-hybridized carbons (Fsp3) is 0.647. The van der Waals surface area contributed by atoms with Crippen LogP contribution in [0.25, 0.3) is 0 Å². The van der Waals surface area contributed by atoms with Crippen molar-refractivity contribution in [1.82, 2.24) is 5.32 Å². The Bertz CT molecular complexity index is 434. The maximum Gasteiger partial charge on any atom is 0.127 e. The Morgan fingerprint density at radius 2 is 2.24 bits per heavy atom. The molecule has 4 heteroatoms. The molecule has 2 rings (SSSR count). The molecular weight excluding hydrogens is 289 g/mol. The zero-order valence-corrected chi connectivity index (χ0v) is 13.6. The van der Waals surface area contributed by atoms with Gasteiger partial charge in [0.2, 0.25) is 0 Å². The van der Waals surface area contributed by atoms with Gasteiger partial charge in [0, 0.05) is 29.2 Å². The minimum absolute atomic E-state index is 0.210. The Balaban J connectivity index is 2.16. The lowest BCUT2D eigenvalue weighted by atomic mass is 9.87. The van der Waals surface area contributed by atoms with Gasteiger partial charge in [-0.3, -0.25) is 0 Å². The van der Waals surface area contributed by atoms with E-state index < -0.39 is 0 Å². The lowest BCUT2D eigenvalue weighted by molar-refractivity contribution is 0.0774. The van der Waals surface area contributed by atoms with E-state index in [4.69, 9.17) is 16.3 Å². The van der Waals surface area contributed by atoms with Crippen LogP contribution in [0.15, 0.2) is 18.2 Å². The maximum atomic E-state index is 14.1. The van der Waals surface area contributed by atoms with E-state index in [1.807, 2.05) is 0 Å². The van der Waals surface area contributed by atoms with Gasteiger partial charge in [0.25, 0.3) is 0 Å². The molecule has 0 saturated carbocycles. The highest BCUT2D eigenvalue weighted by atomic mass is 35.5. The summed E-state index contributed by atoms with van der Waals surface area (Å²) in [7, 11) is 0. The second-order valence-corrected chi connectivity index (χ2v) is 6.14. The summed E-state index contributed by atoms with van der Waals surface area (Å²) >= 11 is 6.19. The van der Waals surface area contributed by atoms with E-state index in [9.17, 15) is 4.39 Å². The van der Waals surface area contributed by atoms with E-state index >= 15 is 0 Å². The number of rotatable bonds is 7. The summed E-state index contributed by atoms with van der Waals surface area (Å²) in [5, 5.41) is 4.09. The molecule has 1 heterocycles. The third-order valence-corrected chi connectivity index (χ3v) is 4.68. The Labute approximate surface area is 132 Å². The molecular formula is C17H25ClFNO. The smallest absolute Gasteiger partial charge is 0.127 e. The maximum absolute atomic E-state index is 14.1. The van der Waals surface area contributed by atoms with E-state index in [1.165, 1.54) is 6.07 Å². The highest BCUT2D eigenvalue weighted by Gasteiger charge is 2.34. The van der Waals surface area contributed by atoms with Gasteiger partial charge in [-0.1, -0.05) is 31.5 Å². The van der Waals surface area contributed by atoms with Crippen molar-refractivity contribution < 1.29 is 9.13 Å². The van der Waals surface area contributed by atoms with Crippen LogP contribution in [0.5, 0.6) is 0 Å². The molecule has 0 aliphatic carbocycles. The minimum atomic E-state index is -0.210. The zero-order chi connectivity index (χ0) is 15.2. The van der Waals surface area contributed by atoms with Gasteiger partial charge in [-0.15, -0.1) is 0 Å². The van der Waals surface area contributed by atoms with Crippen LogP contribution in [0.4, 0.5) is 4.39 Å². The average molecular weight is 314 g/mol. The van der Waals surface area contributed by atoms with Crippen molar-refractivity contribution in [2.45, 2.75) is 51.7 Å². The molecule has 21 heavy (non-hydrogen) atoms. The molecule has 3 unspecified atom stereocenters. The summed E-state index contributed by atoms with van der Waals surface area (Å²) in [6.45, 7) is 6.03. The fourth-order valence-electron chi connectivity index (χ4n) is 3.20. The molecule has 0 spiro atoms. The van der Waals surface area contributed by atoms with Crippen LogP contribution in [-0.4, -0.2) is 25.3 Å². The first-order chi connectivity index (χ1) is 10.2. The number of nitrogens with one attached hydrogen (secondary N) is 1. The van der Waals surface area contributed by atoms with Crippen LogP contribution in [0, 0.1) is 11.7 Å². The van der Waals surface area contributed by atoms with Crippen molar-refractivity contribution in [3.05, 3.63) is 34.6 Å². The van der Waals surface area contributed by atoms with Gasteiger partial charge < -0.3 is 10.1 Å². The topological polar surface area (TPSA) is 21.3 Å². The first kappa shape index (κ1) is 16.7. The van der Waals surface area contributed by atoms with Crippen molar-refractivity contribution in [2.24, 2.45) is 5.92 Å². The van der Waals surface area contributed by atoms with Gasteiger partial charge >= 0.3 is 0 Å². The molecule has 1 fully saturated rings. The van der Waals surface area contributed by atoms with Gasteiger partial charge in [-0.05, 0) is 44.4 Å². The summed E-state index contributed by atoms with van der Waals surface area (Å²) in [6.07, 6.45) is 3.98. The van der Waals surface area contributed by atoms with Crippen LogP contribution >= 0.6 is 11.6 Å². The predicted octanol–water partition coefficient (Wildman–Crippen LogP) is 4.20. The molecule has 0 radical (unpaired) electrons. The molecule has 0 aromatic heterocycles. The average Bonchev–Trinajstić information content (AvgIpc) is 2.94. The molecule has 0 amide bonds. The van der Waals surface area contributed by atoms with E-state index in [1.54, 1.807) is 12.1 Å². The Kier molecular flexibility index (Phi) is 6.46. The molecule has 1 aliphatic rings. The second-order valence-electron chi connectivity index (χ2n) is 5.73. The number of hydrogen-bond acceptors (Lipinski definition) is 2. The molecule has 2 nitrogen and oxygen atoms in total. The van der Waals surface area contributed by atoms with E-state index in [0.717, 1.165) is 32.4 Å². The molecule has 0 bridgehead atoms. The van der Waals surface area contributed by atoms with E-state index in [0.29, 0.717) is 22.9 Å². The third-order valence-electron chi connectivity index (χ3n) is 4.32. The van der Waals surface area contributed by atoms with Crippen molar-refractivity contribution in [1.29, 1.82) is 0 Å². The monoisotopic (exact) mass is 313 g/mol. The molecule has 1 aromatic rings. The first-order valence-electron chi connectivity index (χ1n) is 7.95. The van der Waals surface area contributed by atoms with Crippen molar-refractivity contribution in [3.8, 4) is 0 Å². The normalized spacial score (nSPS) is 23.4. The number of benzene rings is 1. The molecule has 1 aliphatic heterocycles. The van der Waals surface area contributed by atoms with Gasteiger partial charge in [-0.2, -0.15) is 0 Å². The van der Waals surface area contributed by atoms with Crippen LogP contribution in [0.3, 0.4) is 0 Å². The zero-order valence-electron chi connectivity index (χ0n) is 12.9. The van der Waals surface area contributed by atoms with Crippen LogP contribution in [0.2, 0.25) is 5.02 Å². The number of halogens is 2. The van der Waals surface area contributed by atoms with Gasteiger partial charge in [-0.25, -0.2) is 4.39 Å². The van der Waals surface area contributed by atoms with Crippen LogP contribution in [0.1, 0.15) is 38.7 Å². The molecule has 1 saturated heterocycles. The predicted molar refractivity (Wildman–Crippen MR) is 85.3 cm³/mol. The van der Waals surface area contributed by atoms with Gasteiger partial charge in [0.05, 0.1) is 6.10 Å². The standard InChI is InChI=1S/C17H25ClFNO/c1-3-9-20-16(12-8-10-21-17(12)4-2)11-13-14(18)6-5-7-15(13)19/h5-7,12,16-17,20H,3-4,8-11H2,1-2H3. The van der Waals surface area contributed by atoms with Crippen molar-refractivity contribution in [2.75, 3.05) is 13.2 Å². The van der Waals surface area contributed by atoms with Crippen molar-refractivity contribution in [3.63, 3.8) is 0 Å². The fourth-order valence-corrected chi connectivity index (χ4v) is 3.44. The largest absolute Gasteiger partial charge is 0.378 e. The van der Waals surface area contributed by atoms with Crippen LogP contribution in [-0.2, 0) is 11.2 Å². The second kappa shape index (κ2) is 8.11.